The van der Waals surface area contributed by atoms with Gasteiger partial charge >= 0.3 is 139 Å². The molecule has 1 rings (SSSR count). The zero-order valence-corrected chi connectivity index (χ0v) is 15.6. The topological polar surface area (TPSA) is 46.6 Å². The molecular weight excluding hydrogens is 309 g/mol. The van der Waals surface area contributed by atoms with E-state index in [1.165, 1.54) is 6.16 Å². The van der Waals surface area contributed by atoms with Crippen molar-refractivity contribution in [3.05, 3.63) is 42.5 Å². The van der Waals surface area contributed by atoms with Gasteiger partial charge in [-0.2, -0.15) is 0 Å². The van der Waals surface area contributed by atoms with Gasteiger partial charge in [-0.25, -0.2) is 0 Å². The van der Waals surface area contributed by atoms with Crippen molar-refractivity contribution in [3.8, 4) is 5.75 Å². The van der Waals surface area contributed by atoms with Crippen LogP contribution in [0.2, 0.25) is 0 Å². The van der Waals surface area contributed by atoms with Crippen LogP contribution in [-0.2, 0) is 16.1 Å². The first-order valence-corrected chi connectivity index (χ1v) is 11.4. The molecule has 1 aromatic carbocycles. The molecule has 0 aliphatic rings. The summed E-state index contributed by atoms with van der Waals surface area (Å²) in [6, 6.07) is 7.23. The zero-order chi connectivity index (χ0) is 17.5. The van der Waals surface area contributed by atoms with Crippen molar-refractivity contribution in [1.82, 2.24) is 4.90 Å². The molecule has 0 saturated carbocycles. The van der Waals surface area contributed by atoms with Gasteiger partial charge in [0.2, 0.25) is 0 Å². The molecule has 0 radical (unpaired) electrons. The molecule has 0 atom stereocenters. The van der Waals surface area contributed by atoms with Gasteiger partial charge in [-0.3, -0.25) is 0 Å². The van der Waals surface area contributed by atoms with Crippen molar-refractivity contribution < 1.29 is 14.3 Å². The van der Waals surface area contributed by atoms with Gasteiger partial charge in [-0.05, 0) is 0 Å². The Hall–Kier alpha value is -1.67. The molecule has 0 saturated heterocycles. The first-order chi connectivity index (χ1) is 10.8. The number of carbonyl (C=O) groups is 2. The van der Waals surface area contributed by atoms with Crippen molar-refractivity contribution in [1.29, 1.82) is 0 Å². The summed E-state index contributed by atoms with van der Waals surface area (Å²) in [5, 5.41) is 0. The van der Waals surface area contributed by atoms with E-state index in [2.05, 4.69) is 26.8 Å². The van der Waals surface area contributed by atoms with E-state index in [1.54, 1.807) is 19.1 Å². The standard InChI is InChI=1S/C18H28NO3P/c1-6-18(21)22-17-10-8-16(9-11-17)14-19(15(3)20)12-13-23(4,5)7-2/h6,8-11,23H,1,7,12-14H2,2-5H3. The molecule has 0 unspecified atom stereocenters. The van der Waals surface area contributed by atoms with Crippen LogP contribution in [0.1, 0.15) is 19.4 Å². The van der Waals surface area contributed by atoms with E-state index in [-0.39, 0.29) is 5.91 Å². The molecule has 1 aromatic rings. The van der Waals surface area contributed by atoms with Gasteiger partial charge < -0.3 is 0 Å². The molecular formula is C18H28NO3P. The molecule has 0 N–H and O–H groups in total. The molecule has 0 aliphatic heterocycles. The number of esters is 1. The minimum absolute atomic E-state index is 0.0908. The number of amides is 1. The fourth-order valence-electron chi connectivity index (χ4n) is 2.00. The summed E-state index contributed by atoms with van der Waals surface area (Å²) in [4.78, 5) is 24.9. The van der Waals surface area contributed by atoms with Gasteiger partial charge in [0.05, 0.1) is 0 Å². The number of hydrogen-bond acceptors (Lipinski definition) is 3. The van der Waals surface area contributed by atoms with E-state index in [4.69, 9.17) is 4.74 Å². The molecule has 0 aliphatic carbocycles. The van der Waals surface area contributed by atoms with Crippen molar-refractivity contribution in [2.24, 2.45) is 0 Å². The van der Waals surface area contributed by atoms with E-state index >= 15 is 0 Å². The molecule has 0 spiro atoms. The van der Waals surface area contributed by atoms with E-state index in [0.717, 1.165) is 24.3 Å². The number of carbonyl (C=O) groups excluding carboxylic acids is 2. The fourth-order valence-corrected chi connectivity index (χ4v) is 3.23. The number of ether oxygens (including phenoxy) is 1. The quantitative estimate of drug-likeness (QED) is 0.317. The number of nitrogens with zero attached hydrogens (tertiary/aromatic N) is 1. The van der Waals surface area contributed by atoms with Crippen molar-refractivity contribution in [2.75, 3.05) is 32.2 Å². The number of rotatable bonds is 8. The van der Waals surface area contributed by atoms with Crippen LogP contribution in [0.3, 0.4) is 0 Å². The third kappa shape index (κ3) is 6.96. The first kappa shape index (κ1) is 19.4. The number of hydrogen-bond donors (Lipinski definition) is 0. The van der Waals surface area contributed by atoms with Crippen molar-refractivity contribution in [3.63, 3.8) is 0 Å². The van der Waals surface area contributed by atoms with E-state index in [9.17, 15) is 9.59 Å². The fraction of sp³-hybridized carbons (Fsp3) is 0.444. The maximum atomic E-state index is 11.9. The Morgan fingerprint density at radius 2 is 1.87 bits per heavy atom. The monoisotopic (exact) mass is 337 g/mol. The SMILES string of the molecule is C=CC(=O)Oc1ccc(CN(CC[PH](C)(C)CC)C(C)=O)cc1. The molecule has 128 valence electrons. The average Bonchev–Trinajstić information content (AvgIpc) is 2.52. The summed E-state index contributed by atoms with van der Waals surface area (Å²) in [5.74, 6) is 0.0930. The normalized spacial score (nSPS) is 11.7. The van der Waals surface area contributed by atoms with Gasteiger partial charge in [-0.1, -0.05) is 0 Å². The third-order valence-electron chi connectivity index (χ3n) is 4.14. The molecule has 1 amide bonds. The van der Waals surface area contributed by atoms with Crippen molar-refractivity contribution in [2.45, 2.75) is 20.4 Å². The van der Waals surface area contributed by atoms with Crippen LogP contribution < -0.4 is 4.74 Å². The van der Waals surface area contributed by atoms with Crippen LogP contribution in [0.25, 0.3) is 0 Å². The van der Waals surface area contributed by atoms with Crippen molar-refractivity contribution >= 4 is 19.1 Å². The Balaban J connectivity index is 2.68. The van der Waals surface area contributed by atoms with Gasteiger partial charge in [0.15, 0.2) is 0 Å². The summed E-state index contributed by atoms with van der Waals surface area (Å²) < 4.78 is 5.05. The van der Waals surface area contributed by atoms with Crippen LogP contribution in [0.4, 0.5) is 0 Å². The zero-order valence-electron chi connectivity index (χ0n) is 14.6. The predicted molar refractivity (Wildman–Crippen MR) is 98.9 cm³/mol. The Morgan fingerprint density at radius 3 is 2.35 bits per heavy atom. The molecule has 0 aromatic heterocycles. The second-order valence-corrected chi connectivity index (χ2v) is 12.0. The van der Waals surface area contributed by atoms with E-state index < -0.39 is 13.2 Å². The molecule has 5 heteroatoms. The van der Waals surface area contributed by atoms with Gasteiger partial charge in [0.25, 0.3) is 0 Å². The summed E-state index contributed by atoms with van der Waals surface area (Å²) in [6.45, 7) is 13.3. The number of benzene rings is 1. The third-order valence-corrected chi connectivity index (χ3v) is 7.63. The van der Waals surface area contributed by atoms with E-state index in [0.29, 0.717) is 12.3 Å². The second kappa shape index (κ2) is 8.83. The summed E-state index contributed by atoms with van der Waals surface area (Å²) in [7, 11) is -1.20. The Morgan fingerprint density at radius 1 is 1.26 bits per heavy atom. The minimum atomic E-state index is -1.20. The summed E-state index contributed by atoms with van der Waals surface area (Å²) >= 11 is 0. The predicted octanol–water partition coefficient (Wildman–Crippen LogP) is 3.16. The Labute approximate surface area is 139 Å². The second-order valence-electron chi connectivity index (χ2n) is 6.48. The average molecular weight is 337 g/mol. The molecule has 4 nitrogen and oxygen atoms in total. The van der Waals surface area contributed by atoms with Gasteiger partial charge in [0.1, 0.15) is 0 Å². The summed E-state index contributed by atoms with van der Waals surface area (Å²) in [6.07, 6.45) is 3.46. The van der Waals surface area contributed by atoms with Gasteiger partial charge in [0, 0.05) is 0 Å². The molecule has 23 heavy (non-hydrogen) atoms. The van der Waals surface area contributed by atoms with E-state index in [1.807, 2.05) is 17.0 Å². The Bertz CT molecular complexity index is 552. The van der Waals surface area contributed by atoms with Crippen LogP contribution >= 0.6 is 7.26 Å². The molecule has 0 bridgehead atoms. The van der Waals surface area contributed by atoms with Gasteiger partial charge in [-0.15, -0.1) is 0 Å². The van der Waals surface area contributed by atoms with Crippen LogP contribution in [0.15, 0.2) is 36.9 Å². The van der Waals surface area contributed by atoms with Crippen LogP contribution in [0.5, 0.6) is 5.75 Å². The molecule has 0 fully saturated rings. The molecule has 0 heterocycles. The Kier molecular flexibility index (Phi) is 7.44. The summed E-state index contributed by atoms with van der Waals surface area (Å²) in [5.41, 5.74) is 1.02. The first-order valence-electron chi connectivity index (χ1n) is 7.96. The van der Waals surface area contributed by atoms with Crippen LogP contribution in [0, 0.1) is 0 Å². The maximum absolute atomic E-state index is 11.9. The van der Waals surface area contributed by atoms with Crippen LogP contribution in [-0.4, -0.2) is 49.0 Å².